The van der Waals surface area contributed by atoms with E-state index in [4.69, 9.17) is 20.9 Å². The summed E-state index contributed by atoms with van der Waals surface area (Å²) in [6, 6.07) is 1.45. The molecule has 1 heterocycles. The monoisotopic (exact) mass is 255 g/mol. The molecule has 4 N–H and O–H groups in total. The maximum Gasteiger partial charge on any atom is 0.160 e. The Kier molecular flexibility index (Phi) is 3.98. The highest BCUT2D eigenvalue weighted by Gasteiger charge is 2.32. The van der Waals surface area contributed by atoms with E-state index in [1.54, 1.807) is 12.3 Å². The lowest BCUT2D eigenvalue weighted by Gasteiger charge is -2.16. The van der Waals surface area contributed by atoms with Crippen molar-refractivity contribution in [3.63, 3.8) is 0 Å². The second-order valence-electron chi connectivity index (χ2n) is 4.50. The number of hydrogen-bond donors (Lipinski definition) is 2. The molecular weight excluding hydrogens is 237 g/mol. The van der Waals surface area contributed by atoms with E-state index in [-0.39, 0.29) is 18.8 Å². The minimum absolute atomic E-state index is 0.240. The molecule has 1 fully saturated rings. The number of hydrogen-bond acceptors (Lipinski definition) is 5. The molecule has 0 radical (unpaired) electrons. The number of nitrogens with zero attached hydrogens (tertiary/aromatic N) is 1. The molecule has 1 saturated carbocycles. The molecule has 3 unspecified atom stereocenters. The Labute approximate surface area is 105 Å². The van der Waals surface area contributed by atoms with Crippen LogP contribution in [0.3, 0.4) is 0 Å². The summed E-state index contributed by atoms with van der Waals surface area (Å²) in [5.74, 6) is 0.528. The summed E-state index contributed by atoms with van der Waals surface area (Å²) in [5.41, 5.74) is 12.7. The number of pyridine rings is 1. The maximum atomic E-state index is 13.1. The maximum absolute atomic E-state index is 13.1. The second kappa shape index (κ2) is 5.49. The van der Waals surface area contributed by atoms with E-state index in [1.165, 1.54) is 7.11 Å². The first-order valence-corrected chi connectivity index (χ1v) is 5.89. The lowest BCUT2D eigenvalue weighted by atomic mass is 10.2. The summed E-state index contributed by atoms with van der Waals surface area (Å²) < 4.78 is 23.7. The van der Waals surface area contributed by atoms with Gasteiger partial charge in [0.05, 0.1) is 37.4 Å². The Bertz CT molecular complexity index is 416. The molecule has 1 aliphatic rings. The Hall–Kier alpha value is -1.40. The van der Waals surface area contributed by atoms with Crippen molar-refractivity contribution in [1.82, 2.24) is 4.98 Å². The van der Waals surface area contributed by atoms with E-state index in [1.807, 2.05) is 0 Å². The zero-order valence-corrected chi connectivity index (χ0v) is 10.3. The van der Waals surface area contributed by atoms with Gasteiger partial charge < -0.3 is 20.9 Å². The quantitative estimate of drug-likeness (QED) is 0.839. The van der Waals surface area contributed by atoms with Crippen LogP contribution in [0.15, 0.2) is 12.3 Å². The van der Waals surface area contributed by atoms with Gasteiger partial charge in [-0.2, -0.15) is 0 Å². The number of nitrogen functional groups attached to an aromatic ring is 1. The lowest BCUT2D eigenvalue weighted by molar-refractivity contribution is 0.0307. The fraction of sp³-hybridized carbons (Fsp3) is 0.583. The number of nitrogens with two attached hydrogens (primary N) is 2. The molecule has 1 aromatic rings. The number of ether oxygens (including phenoxy) is 2. The van der Waals surface area contributed by atoms with Crippen LogP contribution in [0.5, 0.6) is 5.75 Å². The van der Waals surface area contributed by atoms with Gasteiger partial charge in [0.2, 0.25) is 0 Å². The molecule has 100 valence electrons. The number of rotatable bonds is 4. The molecule has 0 bridgehead atoms. The van der Waals surface area contributed by atoms with Crippen LogP contribution in [0.1, 0.15) is 18.5 Å². The van der Waals surface area contributed by atoms with Crippen LogP contribution in [-0.2, 0) is 11.3 Å². The van der Waals surface area contributed by atoms with Gasteiger partial charge in [0, 0.05) is 12.5 Å². The molecule has 0 spiro atoms. The van der Waals surface area contributed by atoms with E-state index in [0.29, 0.717) is 30.0 Å². The van der Waals surface area contributed by atoms with Crippen LogP contribution in [0.2, 0.25) is 0 Å². The molecule has 5 nitrogen and oxygen atoms in total. The Morgan fingerprint density at radius 2 is 2.28 bits per heavy atom. The Morgan fingerprint density at radius 1 is 1.50 bits per heavy atom. The minimum Gasteiger partial charge on any atom is -0.493 e. The number of anilines is 1. The molecule has 0 aromatic carbocycles. The normalized spacial score (nSPS) is 27.4. The number of aromatic nitrogens is 1. The summed E-state index contributed by atoms with van der Waals surface area (Å²) in [6.07, 6.45) is 1.15. The van der Waals surface area contributed by atoms with Gasteiger partial charge >= 0.3 is 0 Å². The van der Waals surface area contributed by atoms with Crippen LogP contribution in [0.4, 0.5) is 10.1 Å². The van der Waals surface area contributed by atoms with Crippen LogP contribution in [0.25, 0.3) is 0 Å². The smallest absolute Gasteiger partial charge is 0.160 e. The third-order valence-electron chi connectivity index (χ3n) is 3.11. The van der Waals surface area contributed by atoms with Gasteiger partial charge in [0.15, 0.2) is 5.75 Å². The van der Waals surface area contributed by atoms with E-state index in [9.17, 15) is 4.39 Å². The lowest BCUT2D eigenvalue weighted by Crippen LogP contribution is -2.31. The van der Waals surface area contributed by atoms with Crippen molar-refractivity contribution < 1.29 is 13.9 Å². The first kappa shape index (κ1) is 13.0. The van der Waals surface area contributed by atoms with Crippen LogP contribution in [-0.4, -0.2) is 30.4 Å². The van der Waals surface area contributed by atoms with Gasteiger partial charge in [-0.3, -0.25) is 4.98 Å². The summed E-state index contributed by atoms with van der Waals surface area (Å²) in [6.45, 7) is 0.277. The van der Waals surface area contributed by atoms with Gasteiger partial charge in [-0.15, -0.1) is 0 Å². The highest BCUT2D eigenvalue weighted by atomic mass is 19.1. The molecule has 2 rings (SSSR count). The summed E-state index contributed by atoms with van der Waals surface area (Å²) in [7, 11) is 1.53. The zero-order chi connectivity index (χ0) is 13.1. The van der Waals surface area contributed by atoms with Crippen molar-refractivity contribution >= 4 is 5.69 Å². The van der Waals surface area contributed by atoms with Crippen LogP contribution < -0.4 is 16.2 Å². The average molecular weight is 255 g/mol. The van der Waals surface area contributed by atoms with Crippen molar-refractivity contribution in [3.05, 3.63) is 18.0 Å². The highest BCUT2D eigenvalue weighted by molar-refractivity contribution is 5.51. The van der Waals surface area contributed by atoms with E-state index < -0.39 is 6.17 Å². The summed E-state index contributed by atoms with van der Waals surface area (Å²) >= 11 is 0. The third-order valence-corrected chi connectivity index (χ3v) is 3.11. The third kappa shape index (κ3) is 2.88. The molecule has 18 heavy (non-hydrogen) atoms. The molecule has 6 heteroatoms. The molecule has 1 aliphatic carbocycles. The standard InChI is InChI=1S/C12H18FN3O2/c1-17-12-5-16-8(4-10(12)15)6-18-11-3-7(13)2-9(11)14/h4-5,7,9,11H,2-3,6,14H2,1H3,(H2,15,16). The first-order valence-electron chi connectivity index (χ1n) is 5.89. The first-order chi connectivity index (χ1) is 8.60. The highest BCUT2D eigenvalue weighted by Crippen LogP contribution is 2.25. The Balaban J connectivity index is 1.92. The van der Waals surface area contributed by atoms with E-state index >= 15 is 0 Å². The van der Waals surface area contributed by atoms with Gasteiger partial charge in [-0.1, -0.05) is 0 Å². The van der Waals surface area contributed by atoms with Crippen molar-refractivity contribution in [1.29, 1.82) is 0 Å². The fourth-order valence-corrected chi connectivity index (χ4v) is 2.11. The van der Waals surface area contributed by atoms with E-state index in [2.05, 4.69) is 4.98 Å². The summed E-state index contributed by atoms with van der Waals surface area (Å²) in [5, 5.41) is 0. The van der Waals surface area contributed by atoms with Crippen molar-refractivity contribution in [2.45, 2.75) is 37.8 Å². The number of alkyl halides is 1. The largest absolute Gasteiger partial charge is 0.493 e. The van der Waals surface area contributed by atoms with Gasteiger partial charge in [0.1, 0.15) is 6.17 Å². The predicted molar refractivity (Wildman–Crippen MR) is 65.9 cm³/mol. The molecule has 1 aromatic heterocycles. The zero-order valence-electron chi connectivity index (χ0n) is 10.3. The molecule has 0 saturated heterocycles. The molecule has 0 aliphatic heterocycles. The van der Waals surface area contributed by atoms with Crippen LogP contribution >= 0.6 is 0 Å². The minimum atomic E-state index is -0.862. The Morgan fingerprint density at radius 3 is 2.83 bits per heavy atom. The van der Waals surface area contributed by atoms with Gasteiger partial charge in [-0.25, -0.2) is 4.39 Å². The van der Waals surface area contributed by atoms with Crippen molar-refractivity contribution in [2.75, 3.05) is 12.8 Å². The summed E-state index contributed by atoms with van der Waals surface area (Å²) in [4.78, 5) is 4.15. The van der Waals surface area contributed by atoms with Gasteiger partial charge in [0.25, 0.3) is 0 Å². The fourth-order valence-electron chi connectivity index (χ4n) is 2.11. The predicted octanol–water partition coefficient (Wildman–Crippen LogP) is 1.02. The van der Waals surface area contributed by atoms with Gasteiger partial charge in [-0.05, 0) is 12.5 Å². The molecule has 0 amide bonds. The average Bonchev–Trinajstić information content (AvgIpc) is 2.65. The van der Waals surface area contributed by atoms with Crippen molar-refractivity contribution in [2.24, 2.45) is 5.73 Å². The molecule has 3 atom stereocenters. The topological polar surface area (TPSA) is 83.4 Å². The second-order valence-corrected chi connectivity index (χ2v) is 4.50. The SMILES string of the molecule is COc1cnc(COC2CC(F)CC2N)cc1N. The van der Waals surface area contributed by atoms with Crippen LogP contribution in [0, 0.1) is 0 Å². The van der Waals surface area contributed by atoms with Crippen molar-refractivity contribution in [3.8, 4) is 5.75 Å². The molecular formula is C12H18FN3O2. The van der Waals surface area contributed by atoms with E-state index in [0.717, 1.165) is 0 Å². The number of methoxy groups -OCH3 is 1. The number of halogens is 1.